The molecule has 0 bridgehead atoms. The molecule has 0 spiro atoms. The molecule has 0 aliphatic carbocycles. The third-order valence-corrected chi connectivity index (χ3v) is 5.64. The normalized spacial score (nSPS) is 11.9. The number of carbonyl (C=O) groups excluding carboxylic acids is 1. The van der Waals surface area contributed by atoms with E-state index in [0.717, 1.165) is 16.9 Å². The van der Waals surface area contributed by atoms with Crippen LogP contribution in [0.15, 0.2) is 53.9 Å². The summed E-state index contributed by atoms with van der Waals surface area (Å²) in [6.45, 7) is 2.83. The zero-order valence-electron chi connectivity index (χ0n) is 16.8. The highest BCUT2D eigenvalue weighted by molar-refractivity contribution is 7.14. The fraction of sp³-hybridized carbons (Fsp3) is 0.273. The third kappa shape index (κ3) is 5.36. The number of thiazole rings is 1. The van der Waals surface area contributed by atoms with Gasteiger partial charge < -0.3 is 15.0 Å². The van der Waals surface area contributed by atoms with Crippen LogP contribution in [0.3, 0.4) is 0 Å². The van der Waals surface area contributed by atoms with Crippen LogP contribution in [0.1, 0.15) is 13.3 Å². The van der Waals surface area contributed by atoms with Gasteiger partial charge in [0.2, 0.25) is 5.91 Å². The van der Waals surface area contributed by atoms with Crippen molar-refractivity contribution >= 4 is 39.7 Å². The van der Waals surface area contributed by atoms with E-state index < -0.39 is 6.04 Å². The van der Waals surface area contributed by atoms with E-state index >= 15 is 0 Å². The Balaban J connectivity index is 1.96. The number of rotatable bonds is 9. The van der Waals surface area contributed by atoms with Crippen LogP contribution < -0.4 is 10.2 Å². The second-order valence-corrected chi connectivity index (χ2v) is 7.85. The van der Waals surface area contributed by atoms with Gasteiger partial charge in [-0.15, -0.1) is 11.3 Å². The van der Waals surface area contributed by atoms with Crippen molar-refractivity contribution in [1.82, 2.24) is 10.3 Å². The predicted molar refractivity (Wildman–Crippen MR) is 120 cm³/mol. The van der Waals surface area contributed by atoms with Crippen LogP contribution in [0.25, 0.3) is 11.3 Å². The number of hydrogen-bond acceptors (Lipinski definition) is 5. The minimum absolute atomic E-state index is 0.108. The molecule has 1 N–H and O–H groups in total. The molecule has 0 aliphatic heterocycles. The number of halogens is 2. The van der Waals surface area contributed by atoms with Crippen LogP contribution in [-0.4, -0.2) is 37.2 Å². The van der Waals surface area contributed by atoms with Gasteiger partial charge in [0.1, 0.15) is 11.9 Å². The highest BCUT2D eigenvalue weighted by Crippen LogP contribution is 2.35. The molecule has 158 valence electrons. The molecule has 3 aromatic rings. The SMILES string of the molecule is CCC(C(=O)NCCOC)N(c1ccc(Cl)cc1)c1nc(-c2ccc(F)cc2)cs1. The molecule has 1 amide bonds. The summed E-state index contributed by atoms with van der Waals surface area (Å²) < 4.78 is 18.3. The molecule has 3 rings (SSSR count). The first-order valence-electron chi connectivity index (χ1n) is 9.56. The Morgan fingerprint density at radius 3 is 2.57 bits per heavy atom. The molecule has 0 radical (unpaired) electrons. The molecule has 1 atom stereocenters. The van der Waals surface area contributed by atoms with Crippen molar-refractivity contribution in [3.8, 4) is 11.3 Å². The Morgan fingerprint density at radius 1 is 1.23 bits per heavy atom. The first-order valence-corrected chi connectivity index (χ1v) is 10.8. The Labute approximate surface area is 184 Å². The largest absolute Gasteiger partial charge is 0.383 e. The van der Waals surface area contributed by atoms with Gasteiger partial charge in [-0.1, -0.05) is 18.5 Å². The van der Waals surface area contributed by atoms with E-state index in [-0.39, 0.29) is 11.7 Å². The molecule has 0 aliphatic rings. The van der Waals surface area contributed by atoms with Crippen LogP contribution in [-0.2, 0) is 9.53 Å². The summed E-state index contributed by atoms with van der Waals surface area (Å²) in [4.78, 5) is 19.6. The zero-order valence-corrected chi connectivity index (χ0v) is 18.3. The number of aromatic nitrogens is 1. The lowest BCUT2D eigenvalue weighted by Crippen LogP contribution is -2.45. The monoisotopic (exact) mass is 447 g/mol. The zero-order chi connectivity index (χ0) is 21.5. The lowest BCUT2D eigenvalue weighted by atomic mass is 10.1. The molecule has 0 saturated heterocycles. The Kier molecular flexibility index (Phi) is 7.79. The quantitative estimate of drug-likeness (QED) is 0.453. The molecule has 1 unspecified atom stereocenters. The predicted octanol–water partition coefficient (Wildman–Crippen LogP) is 5.28. The minimum Gasteiger partial charge on any atom is -0.383 e. The van der Waals surface area contributed by atoms with Crippen molar-refractivity contribution in [2.24, 2.45) is 0 Å². The highest BCUT2D eigenvalue weighted by Gasteiger charge is 2.28. The molecule has 0 saturated carbocycles. The maximum absolute atomic E-state index is 13.3. The van der Waals surface area contributed by atoms with E-state index in [1.54, 1.807) is 31.4 Å². The van der Waals surface area contributed by atoms with Gasteiger partial charge in [0.25, 0.3) is 0 Å². The molecule has 5 nitrogen and oxygen atoms in total. The minimum atomic E-state index is -0.463. The molecule has 1 heterocycles. The summed E-state index contributed by atoms with van der Waals surface area (Å²) in [7, 11) is 1.59. The van der Waals surface area contributed by atoms with Gasteiger partial charge in [-0.3, -0.25) is 4.79 Å². The first-order chi connectivity index (χ1) is 14.5. The van der Waals surface area contributed by atoms with Crippen LogP contribution in [0, 0.1) is 5.82 Å². The van der Waals surface area contributed by atoms with Gasteiger partial charge in [-0.25, -0.2) is 9.37 Å². The van der Waals surface area contributed by atoms with Gasteiger partial charge in [0.15, 0.2) is 5.13 Å². The number of methoxy groups -OCH3 is 1. The van der Waals surface area contributed by atoms with Gasteiger partial charge in [-0.2, -0.15) is 0 Å². The fourth-order valence-electron chi connectivity index (χ4n) is 3.03. The number of hydrogen-bond donors (Lipinski definition) is 1. The summed E-state index contributed by atoms with van der Waals surface area (Å²) in [5.41, 5.74) is 2.35. The molecule has 0 fully saturated rings. The van der Waals surface area contributed by atoms with E-state index in [1.165, 1.54) is 23.5 Å². The van der Waals surface area contributed by atoms with Gasteiger partial charge in [0.05, 0.1) is 12.3 Å². The van der Waals surface area contributed by atoms with Crippen molar-refractivity contribution < 1.29 is 13.9 Å². The van der Waals surface area contributed by atoms with Crippen molar-refractivity contribution in [1.29, 1.82) is 0 Å². The fourth-order valence-corrected chi connectivity index (χ4v) is 4.06. The molecule has 8 heteroatoms. The Hall–Kier alpha value is -2.48. The Morgan fingerprint density at radius 2 is 1.93 bits per heavy atom. The molecule has 1 aromatic heterocycles. The first kappa shape index (κ1) is 22.2. The molecular weight excluding hydrogens is 425 g/mol. The lowest BCUT2D eigenvalue weighted by molar-refractivity contribution is -0.122. The standard InChI is InChI=1S/C22H23ClFN3O2S/c1-3-20(21(28)25-12-13-29-2)27(18-10-6-16(23)7-11-18)22-26-19(14-30-22)15-4-8-17(24)9-5-15/h4-11,14,20H,3,12-13H2,1-2H3,(H,25,28). The smallest absolute Gasteiger partial charge is 0.243 e. The summed E-state index contributed by atoms with van der Waals surface area (Å²) >= 11 is 7.49. The third-order valence-electron chi connectivity index (χ3n) is 4.55. The number of carbonyl (C=O) groups is 1. The number of anilines is 2. The van der Waals surface area contributed by atoms with E-state index in [9.17, 15) is 9.18 Å². The van der Waals surface area contributed by atoms with Gasteiger partial charge in [0, 0.05) is 35.3 Å². The molecular formula is C22H23ClFN3O2S. The topological polar surface area (TPSA) is 54.5 Å². The average molecular weight is 448 g/mol. The van der Waals surface area contributed by atoms with Crippen molar-refractivity contribution in [3.05, 3.63) is 64.8 Å². The van der Waals surface area contributed by atoms with Crippen LogP contribution in [0.4, 0.5) is 15.2 Å². The summed E-state index contributed by atoms with van der Waals surface area (Å²) in [5, 5.41) is 6.10. The van der Waals surface area contributed by atoms with E-state index in [0.29, 0.717) is 29.7 Å². The maximum atomic E-state index is 13.3. The second kappa shape index (κ2) is 10.5. The molecule has 2 aromatic carbocycles. The van der Waals surface area contributed by atoms with Gasteiger partial charge in [-0.05, 0) is 55.0 Å². The van der Waals surface area contributed by atoms with Crippen molar-refractivity contribution in [2.45, 2.75) is 19.4 Å². The van der Waals surface area contributed by atoms with Crippen LogP contribution in [0.2, 0.25) is 5.02 Å². The number of ether oxygens (including phenoxy) is 1. The van der Waals surface area contributed by atoms with E-state index in [4.69, 9.17) is 21.3 Å². The number of amides is 1. The van der Waals surface area contributed by atoms with Crippen LogP contribution in [0.5, 0.6) is 0 Å². The summed E-state index contributed by atoms with van der Waals surface area (Å²) in [6.07, 6.45) is 0.576. The second-order valence-electron chi connectivity index (χ2n) is 6.58. The number of nitrogens with zero attached hydrogens (tertiary/aromatic N) is 2. The van der Waals surface area contributed by atoms with Gasteiger partial charge >= 0.3 is 0 Å². The van der Waals surface area contributed by atoms with E-state index in [1.807, 2.05) is 29.3 Å². The maximum Gasteiger partial charge on any atom is 0.243 e. The Bertz CT molecular complexity index is 963. The number of nitrogens with one attached hydrogen (secondary N) is 1. The average Bonchev–Trinajstić information content (AvgIpc) is 3.23. The number of benzene rings is 2. The molecule has 30 heavy (non-hydrogen) atoms. The summed E-state index contributed by atoms with van der Waals surface area (Å²) in [6, 6.07) is 13.0. The van der Waals surface area contributed by atoms with E-state index in [2.05, 4.69) is 5.32 Å². The van der Waals surface area contributed by atoms with Crippen molar-refractivity contribution in [3.63, 3.8) is 0 Å². The van der Waals surface area contributed by atoms with Crippen molar-refractivity contribution in [2.75, 3.05) is 25.2 Å². The lowest BCUT2D eigenvalue weighted by Gasteiger charge is -2.30. The summed E-state index contributed by atoms with van der Waals surface area (Å²) in [5.74, 6) is -0.404. The van der Waals surface area contributed by atoms with Crippen LogP contribution >= 0.6 is 22.9 Å². The highest BCUT2D eigenvalue weighted by atomic mass is 35.5.